The van der Waals surface area contributed by atoms with Crippen molar-refractivity contribution in [2.75, 3.05) is 13.1 Å². The van der Waals surface area contributed by atoms with E-state index in [1.165, 1.54) is 19.3 Å². The summed E-state index contributed by atoms with van der Waals surface area (Å²) in [4.78, 5) is 11.7. The summed E-state index contributed by atoms with van der Waals surface area (Å²) in [5, 5.41) is 16.7. The number of hydrogen-bond acceptors (Lipinski definition) is 5. The minimum atomic E-state index is -0.596. The van der Waals surface area contributed by atoms with E-state index in [0.29, 0.717) is 32.0 Å². The zero-order valence-corrected chi connectivity index (χ0v) is 13.3. The third-order valence-corrected chi connectivity index (χ3v) is 4.98. The van der Waals surface area contributed by atoms with Crippen LogP contribution in [0.2, 0.25) is 0 Å². The number of carbonyl (C=O) groups is 1. The zero-order valence-electron chi connectivity index (χ0n) is 13.3. The number of aliphatic hydroxyl groups excluding tert-OH is 1. The van der Waals surface area contributed by atoms with Gasteiger partial charge in [-0.3, -0.25) is 4.79 Å². The Bertz CT molecular complexity index is 388. The summed E-state index contributed by atoms with van der Waals surface area (Å²) in [6.45, 7) is 3.41. The van der Waals surface area contributed by atoms with Crippen molar-refractivity contribution in [1.29, 1.82) is 0 Å². The van der Waals surface area contributed by atoms with Crippen LogP contribution in [0.4, 0.5) is 0 Å². The predicted octanol–water partition coefficient (Wildman–Crippen LogP) is 0.331. The van der Waals surface area contributed by atoms with Crippen LogP contribution >= 0.6 is 0 Å². The summed E-state index contributed by atoms with van der Waals surface area (Å²) in [6.07, 6.45) is 4.44. The molecule has 0 bridgehead atoms. The highest BCUT2D eigenvalue weighted by Gasteiger charge is 2.50. The topological polar surface area (TPSA) is 79.8 Å². The van der Waals surface area contributed by atoms with E-state index in [4.69, 9.17) is 9.47 Å². The molecular weight excluding hydrogens is 284 g/mol. The molecule has 0 radical (unpaired) electrons. The highest BCUT2D eigenvalue weighted by molar-refractivity contribution is 5.76. The van der Waals surface area contributed by atoms with E-state index in [1.54, 1.807) is 0 Å². The fraction of sp³-hybridized carbons (Fsp3) is 0.938. The van der Waals surface area contributed by atoms with E-state index < -0.39 is 6.10 Å². The molecular formula is C16H28N2O4. The van der Waals surface area contributed by atoms with Crippen molar-refractivity contribution in [3.63, 3.8) is 0 Å². The van der Waals surface area contributed by atoms with Crippen molar-refractivity contribution in [3.05, 3.63) is 0 Å². The molecule has 1 aliphatic carbocycles. The smallest absolute Gasteiger partial charge is 0.222 e. The Labute approximate surface area is 131 Å². The van der Waals surface area contributed by atoms with Crippen LogP contribution < -0.4 is 10.6 Å². The highest BCUT2D eigenvalue weighted by Crippen LogP contribution is 2.35. The summed E-state index contributed by atoms with van der Waals surface area (Å²) in [5.74, 6) is 0.0181. The van der Waals surface area contributed by atoms with E-state index in [0.717, 1.165) is 6.42 Å². The number of carbonyl (C=O) groups excluding carboxylic acids is 1. The Balaban J connectivity index is 1.41. The number of aliphatic hydroxyl groups is 1. The predicted molar refractivity (Wildman–Crippen MR) is 81.5 cm³/mol. The summed E-state index contributed by atoms with van der Waals surface area (Å²) >= 11 is 0. The first-order chi connectivity index (χ1) is 10.7. The van der Waals surface area contributed by atoms with Crippen molar-refractivity contribution in [3.8, 4) is 0 Å². The number of amides is 1. The number of rotatable bonds is 7. The van der Waals surface area contributed by atoms with Crippen LogP contribution in [0.5, 0.6) is 0 Å². The van der Waals surface area contributed by atoms with Crippen LogP contribution in [0.1, 0.15) is 45.4 Å². The third-order valence-electron chi connectivity index (χ3n) is 4.98. The van der Waals surface area contributed by atoms with Gasteiger partial charge in [-0.05, 0) is 19.3 Å². The summed E-state index contributed by atoms with van der Waals surface area (Å²) in [6, 6.07) is 0.590. The van der Waals surface area contributed by atoms with Crippen molar-refractivity contribution in [2.45, 2.75) is 82.0 Å². The first-order valence-electron chi connectivity index (χ1n) is 8.66. The van der Waals surface area contributed by atoms with E-state index in [1.807, 2.05) is 6.92 Å². The Kier molecular flexibility index (Phi) is 5.33. The molecule has 2 aliphatic heterocycles. The average molecular weight is 312 g/mol. The second kappa shape index (κ2) is 7.25. The molecule has 3 N–H and O–H groups in total. The molecule has 0 spiro atoms. The summed E-state index contributed by atoms with van der Waals surface area (Å²) in [5.41, 5.74) is 0. The lowest BCUT2D eigenvalue weighted by molar-refractivity contribution is -0.124. The first-order valence-corrected chi connectivity index (χ1v) is 8.66. The van der Waals surface area contributed by atoms with Gasteiger partial charge in [-0.1, -0.05) is 13.3 Å². The lowest BCUT2D eigenvalue weighted by atomic mass is 9.93. The lowest BCUT2D eigenvalue weighted by Crippen LogP contribution is -2.44. The normalized spacial score (nSPS) is 37.8. The maximum absolute atomic E-state index is 11.7. The Morgan fingerprint density at radius 3 is 2.77 bits per heavy atom. The molecule has 3 aliphatic rings. The van der Waals surface area contributed by atoms with Crippen LogP contribution in [0.25, 0.3) is 0 Å². The molecule has 5 atom stereocenters. The number of fused-ring (bicyclic) bond motifs is 1. The minimum Gasteiger partial charge on any atom is -0.388 e. The molecule has 22 heavy (non-hydrogen) atoms. The Morgan fingerprint density at radius 1 is 1.32 bits per heavy atom. The molecule has 3 fully saturated rings. The van der Waals surface area contributed by atoms with Gasteiger partial charge in [-0.15, -0.1) is 0 Å². The van der Waals surface area contributed by atoms with Crippen molar-refractivity contribution in [1.82, 2.24) is 10.6 Å². The Morgan fingerprint density at radius 2 is 2.14 bits per heavy atom. The number of ether oxygens (including phenoxy) is 2. The van der Waals surface area contributed by atoms with Crippen LogP contribution in [0.3, 0.4) is 0 Å². The summed E-state index contributed by atoms with van der Waals surface area (Å²) < 4.78 is 11.8. The van der Waals surface area contributed by atoms with Crippen molar-refractivity contribution in [2.24, 2.45) is 0 Å². The second-order valence-electron chi connectivity index (χ2n) is 6.75. The molecule has 3 rings (SSSR count). The molecule has 6 heteroatoms. The third kappa shape index (κ3) is 3.62. The first kappa shape index (κ1) is 16.2. The van der Waals surface area contributed by atoms with Gasteiger partial charge in [0.2, 0.25) is 5.91 Å². The SMILES string of the molecule is CCCNC(=O)C[C@@H]1C[C@H]2O[C@H](CNC3CCC3)[C@@H](O)[C@H]2O1. The summed E-state index contributed by atoms with van der Waals surface area (Å²) in [7, 11) is 0. The molecule has 126 valence electrons. The molecule has 2 saturated heterocycles. The molecule has 6 nitrogen and oxygen atoms in total. The maximum atomic E-state index is 11.7. The molecule has 0 aromatic rings. The van der Waals surface area contributed by atoms with Gasteiger partial charge in [0.25, 0.3) is 0 Å². The number of hydrogen-bond donors (Lipinski definition) is 3. The fourth-order valence-corrected chi connectivity index (χ4v) is 3.45. The van der Waals surface area contributed by atoms with Gasteiger partial charge in [0.1, 0.15) is 12.2 Å². The van der Waals surface area contributed by atoms with Gasteiger partial charge in [-0.2, -0.15) is 0 Å². The second-order valence-corrected chi connectivity index (χ2v) is 6.75. The van der Waals surface area contributed by atoms with E-state index >= 15 is 0 Å². The maximum Gasteiger partial charge on any atom is 0.222 e. The van der Waals surface area contributed by atoms with Crippen molar-refractivity contribution < 1.29 is 19.4 Å². The lowest BCUT2D eigenvalue weighted by Gasteiger charge is -2.29. The Hall–Kier alpha value is -0.690. The van der Waals surface area contributed by atoms with Crippen LogP contribution in [-0.4, -0.2) is 60.7 Å². The standard InChI is InChI=1S/C16H28N2O4/c1-2-6-17-14(19)8-11-7-12-16(21-11)15(20)13(22-12)9-18-10-4-3-5-10/h10-13,15-16,18,20H,2-9H2,1H3,(H,17,19)/t11-,12+,13+,15+,16-/m0/s1. The molecule has 0 aromatic carbocycles. The zero-order chi connectivity index (χ0) is 15.5. The van der Waals surface area contributed by atoms with E-state index in [-0.39, 0.29) is 30.3 Å². The monoisotopic (exact) mass is 312 g/mol. The molecule has 1 saturated carbocycles. The molecule has 1 amide bonds. The largest absolute Gasteiger partial charge is 0.388 e. The van der Waals surface area contributed by atoms with Gasteiger partial charge < -0.3 is 25.2 Å². The highest BCUT2D eigenvalue weighted by atomic mass is 16.6. The molecule has 0 unspecified atom stereocenters. The number of nitrogens with one attached hydrogen (secondary N) is 2. The minimum absolute atomic E-state index is 0.0181. The van der Waals surface area contributed by atoms with Gasteiger partial charge in [0, 0.05) is 25.6 Å². The van der Waals surface area contributed by atoms with E-state index in [9.17, 15) is 9.90 Å². The van der Waals surface area contributed by atoms with Crippen molar-refractivity contribution >= 4 is 5.91 Å². The van der Waals surface area contributed by atoms with Crippen LogP contribution in [-0.2, 0) is 14.3 Å². The van der Waals surface area contributed by atoms with Gasteiger partial charge in [0.05, 0.1) is 24.7 Å². The molecule has 2 heterocycles. The fourth-order valence-electron chi connectivity index (χ4n) is 3.45. The molecule has 0 aromatic heterocycles. The van der Waals surface area contributed by atoms with E-state index in [2.05, 4.69) is 10.6 Å². The van der Waals surface area contributed by atoms with Crippen LogP contribution in [0.15, 0.2) is 0 Å². The quantitative estimate of drug-likeness (QED) is 0.631. The van der Waals surface area contributed by atoms with Gasteiger partial charge >= 0.3 is 0 Å². The van der Waals surface area contributed by atoms with Gasteiger partial charge in [0.15, 0.2) is 0 Å². The van der Waals surface area contributed by atoms with Gasteiger partial charge in [-0.25, -0.2) is 0 Å². The average Bonchev–Trinajstić information content (AvgIpc) is 2.95. The van der Waals surface area contributed by atoms with Crippen LogP contribution in [0, 0.1) is 0 Å².